The molecule has 0 aromatic heterocycles. The van der Waals surface area contributed by atoms with E-state index in [2.05, 4.69) is 5.32 Å². The van der Waals surface area contributed by atoms with Gasteiger partial charge in [0, 0.05) is 13.1 Å². The lowest BCUT2D eigenvalue weighted by atomic mass is 10.2. The largest absolute Gasteiger partial charge is 0.442 e. The molecule has 0 spiro atoms. The number of anilines is 2. The van der Waals surface area contributed by atoms with E-state index in [-0.39, 0.29) is 37.9 Å². The molecule has 2 aliphatic heterocycles. The molecule has 1 atom stereocenters. The normalized spacial score (nSPS) is 19.8. The molecule has 2 amide bonds. The van der Waals surface area contributed by atoms with Gasteiger partial charge in [-0.1, -0.05) is 0 Å². The topological polar surface area (TPSA) is 97.1 Å². The predicted octanol–water partition coefficient (Wildman–Crippen LogP) is 0.484. The summed E-state index contributed by atoms with van der Waals surface area (Å²) < 4.78 is 24.9. The van der Waals surface area contributed by atoms with Gasteiger partial charge in [-0.2, -0.15) is 0 Å². The van der Waals surface area contributed by atoms with Gasteiger partial charge in [0.25, 0.3) is 0 Å². The van der Waals surface area contributed by atoms with Crippen molar-refractivity contribution in [3.8, 4) is 0 Å². The first kappa shape index (κ1) is 20.2. The number of rotatable bonds is 5. The molecule has 3 rings (SSSR count). The summed E-state index contributed by atoms with van der Waals surface area (Å²) in [6.07, 6.45) is -1.06. The van der Waals surface area contributed by atoms with Crippen molar-refractivity contribution >= 4 is 35.8 Å². The average molecular weight is 389 g/mol. The molecular formula is C16H22ClFN4O4. The Kier molecular flexibility index (Phi) is 7.01. The first-order valence-corrected chi connectivity index (χ1v) is 8.15. The fraction of sp³-hybridized carbons (Fsp3) is 0.500. The van der Waals surface area contributed by atoms with Crippen LogP contribution in [-0.4, -0.2) is 64.0 Å². The summed E-state index contributed by atoms with van der Waals surface area (Å²) in [6, 6.07) is 4.68. The Balaban J connectivity index is 0.00000243. The van der Waals surface area contributed by atoms with Gasteiger partial charge in [0.15, 0.2) is 0 Å². The third kappa shape index (κ3) is 4.54. The number of carbonyl (C=O) groups excluding carboxylic acids is 2. The van der Waals surface area contributed by atoms with Crippen LogP contribution in [0.5, 0.6) is 0 Å². The fourth-order valence-corrected chi connectivity index (χ4v) is 2.86. The number of hydrogen-bond acceptors (Lipinski definition) is 6. The molecule has 2 heterocycles. The Labute approximate surface area is 156 Å². The molecule has 2 fully saturated rings. The molecule has 0 saturated carbocycles. The van der Waals surface area contributed by atoms with Crippen LogP contribution in [0.1, 0.15) is 0 Å². The predicted molar refractivity (Wildman–Crippen MR) is 96.4 cm³/mol. The Morgan fingerprint density at radius 3 is 2.73 bits per heavy atom. The zero-order chi connectivity index (χ0) is 17.8. The van der Waals surface area contributed by atoms with Crippen molar-refractivity contribution in [2.24, 2.45) is 5.73 Å². The summed E-state index contributed by atoms with van der Waals surface area (Å²) in [5.41, 5.74) is 6.13. The number of halogens is 2. The second-order valence-corrected chi connectivity index (χ2v) is 5.86. The van der Waals surface area contributed by atoms with Gasteiger partial charge in [-0.15, -0.1) is 12.4 Å². The number of cyclic esters (lactones) is 1. The number of nitrogens with one attached hydrogen (secondary N) is 1. The van der Waals surface area contributed by atoms with Gasteiger partial charge in [0.05, 0.1) is 44.2 Å². The van der Waals surface area contributed by atoms with Crippen molar-refractivity contribution in [2.75, 3.05) is 55.7 Å². The Hall–Kier alpha value is -2.10. The van der Waals surface area contributed by atoms with Gasteiger partial charge in [-0.25, -0.2) is 9.18 Å². The van der Waals surface area contributed by atoms with Crippen molar-refractivity contribution in [3.05, 3.63) is 24.0 Å². The molecular weight excluding hydrogens is 367 g/mol. The summed E-state index contributed by atoms with van der Waals surface area (Å²) in [5, 5.41) is 2.57. The monoisotopic (exact) mass is 388 g/mol. The fourth-order valence-electron chi connectivity index (χ4n) is 2.86. The van der Waals surface area contributed by atoms with Crippen LogP contribution in [0.3, 0.4) is 0 Å². The maximum Gasteiger partial charge on any atom is 0.414 e. The smallest absolute Gasteiger partial charge is 0.414 e. The van der Waals surface area contributed by atoms with Crippen molar-refractivity contribution in [1.82, 2.24) is 5.32 Å². The molecule has 1 aromatic rings. The molecule has 2 saturated heterocycles. The van der Waals surface area contributed by atoms with E-state index in [0.29, 0.717) is 37.7 Å². The van der Waals surface area contributed by atoms with Gasteiger partial charge in [0.1, 0.15) is 11.9 Å². The van der Waals surface area contributed by atoms with E-state index in [0.717, 1.165) is 0 Å². The summed E-state index contributed by atoms with van der Waals surface area (Å²) in [4.78, 5) is 26.5. The number of carbonyl (C=O) groups is 2. The molecule has 0 aliphatic carbocycles. The van der Waals surface area contributed by atoms with Crippen molar-refractivity contribution in [3.63, 3.8) is 0 Å². The molecule has 0 unspecified atom stereocenters. The molecule has 10 heteroatoms. The van der Waals surface area contributed by atoms with Crippen LogP contribution in [0.25, 0.3) is 0 Å². The average Bonchev–Trinajstić information content (AvgIpc) is 3.01. The second-order valence-electron chi connectivity index (χ2n) is 5.86. The third-order valence-corrected chi connectivity index (χ3v) is 4.18. The maximum absolute atomic E-state index is 14.5. The third-order valence-electron chi connectivity index (χ3n) is 4.18. The lowest BCUT2D eigenvalue weighted by Gasteiger charge is -2.29. The van der Waals surface area contributed by atoms with E-state index in [1.807, 2.05) is 4.90 Å². The number of hydrogen-bond donors (Lipinski definition) is 2. The Morgan fingerprint density at radius 2 is 2.08 bits per heavy atom. The van der Waals surface area contributed by atoms with Crippen molar-refractivity contribution in [1.29, 1.82) is 0 Å². The zero-order valence-electron chi connectivity index (χ0n) is 14.2. The van der Waals surface area contributed by atoms with E-state index in [1.165, 1.54) is 11.0 Å². The van der Waals surface area contributed by atoms with Crippen LogP contribution in [0, 0.1) is 5.82 Å². The molecule has 0 bridgehead atoms. The molecule has 26 heavy (non-hydrogen) atoms. The molecule has 144 valence electrons. The Morgan fingerprint density at radius 1 is 1.35 bits per heavy atom. The van der Waals surface area contributed by atoms with Crippen molar-refractivity contribution < 1.29 is 23.5 Å². The highest BCUT2D eigenvalue weighted by molar-refractivity contribution is 5.90. The van der Waals surface area contributed by atoms with E-state index in [9.17, 15) is 14.0 Å². The SMILES string of the molecule is Cl.NCC(=O)NC[C@H]1CN(c2ccc(N3CCOCC3)c(F)c2)C(=O)O1. The summed E-state index contributed by atoms with van der Waals surface area (Å²) in [7, 11) is 0. The van der Waals surface area contributed by atoms with Crippen LogP contribution < -0.4 is 20.9 Å². The van der Waals surface area contributed by atoms with E-state index >= 15 is 0 Å². The van der Waals surface area contributed by atoms with Gasteiger partial charge in [0.2, 0.25) is 5.91 Å². The summed E-state index contributed by atoms with van der Waals surface area (Å²) >= 11 is 0. The van der Waals surface area contributed by atoms with Gasteiger partial charge in [-0.05, 0) is 18.2 Å². The van der Waals surface area contributed by atoms with Crippen molar-refractivity contribution in [2.45, 2.75) is 6.10 Å². The van der Waals surface area contributed by atoms with Gasteiger partial charge in [-0.3, -0.25) is 9.69 Å². The highest BCUT2D eigenvalue weighted by atomic mass is 35.5. The Bertz CT molecular complexity index is 657. The van der Waals surface area contributed by atoms with E-state index < -0.39 is 18.0 Å². The quantitative estimate of drug-likeness (QED) is 0.761. The maximum atomic E-state index is 14.5. The lowest BCUT2D eigenvalue weighted by Crippen LogP contribution is -2.37. The highest BCUT2D eigenvalue weighted by Crippen LogP contribution is 2.28. The van der Waals surface area contributed by atoms with Crippen LogP contribution in [0.2, 0.25) is 0 Å². The standard InChI is InChI=1S/C16H21FN4O4.ClH/c17-13-7-11(1-2-14(13)20-3-5-24-6-4-20)21-10-12(25-16(21)23)9-19-15(22)8-18;/h1-2,7,12H,3-6,8-10,18H2,(H,19,22);1H/t12-;/m0./s1. The van der Waals surface area contributed by atoms with Crippen LogP contribution in [-0.2, 0) is 14.3 Å². The summed E-state index contributed by atoms with van der Waals surface area (Å²) in [6.45, 7) is 2.67. The summed E-state index contributed by atoms with van der Waals surface area (Å²) in [5.74, 6) is -0.720. The molecule has 3 N–H and O–H groups in total. The number of ether oxygens (including phenoxy) is 2. The number of nitrogens with zero attached hydrogens (tertiary/aromatic N) is 2. The first-order chi connectivity index (χ1) is 12.1. The zero-order valence-corrected chi connectivity index (χ0v) is 15.0. The second kappa shape index (κ2) is 9.02. The molecule has 8 nitrogen and oxygen atoms in total. The van der Waals surface area contributed by atoms with Crippen LogP contribution in [0.4, 0.5) is 20.6 Å². The van der Waals surface area contributed by atoms with Gasteiger partial charge < -0.3 is 25.4 Å². The van der Waals surface area contributed by atoms with E-state index in [1.54, 1.807) is 12.1 Å². The number of amides is 2. The number of nitrogens with two attached hydrogens (primary N) is 1. The minimum atomic E-state index is -0.564. The lowest BCUT2D eigenvalue weighted by molar-refractivity contribution is -0.120. The minimum absolute atomic E-state index is 0. The molecule has 1 aromatic carbocycles. The highest BCUT2D eigenvalue weighted by Gasteiger charge is 2.33. The number of morpholine rings is 1. The number of benzene rings is 1. The molecule has 0 radical (unpaired) electrons. The molecule has 2 aliphatic rings. The van der Waals surface area contributed by atoms with Crippen LogP contribution >= 0.6 is 12.4 Å². The minimum Gasteiger partial charge on any atom is -0.442 e. The van der Waals surface area contributed by atoms with Crippen LogP contribution in [0.15, 0.2) is 18.2 Å². The van der Waals surface area contributed by atoms with E-state index in [4.69, 9.17) is 15.2 Å². The van der Waals surface area contributed by atoms with Gasteiger partial charge >= 0.3 is 6.09 Å². The first-order valence-electron chi connectivity index (χ1n) is 8.15.